The van der Waals surface area contributed by atoms with Gasteiger partial charge < -0.3 is 15.4 Å². The van der Waals surface area contributed by atoms with Gasteiger partial charge in [0, 0.05) is 23.7 Å². The van der Waals surface area contributed by atoms with Crippen LogP contribution in [0.2, 0.25) is 0 Å². The Morgan fingerprint density at radius 1 is 1.29 bits per heavy atom. The first-order valence-corrected chi connectivity index (χ1v) is 9.11. The fraction of sp³-hybridized carbons (Fsp3) is 0.471. The molecular formula is C17H22N4O2S. The maximum atomic E-state index is 11.9. The van der Waals surface area contributed by atoms with E-state index in [4.69, 9.17) is 4.74 Å². The molecule has 0 atom stereocenters. The number of nitrogens with zero attached hydrogens (tertiary/aromatic N) is 2. The summed E-state index contributed by atoms with van der Waals surface area (Å²) in [6, 6.07) is 3.58. The van der Waals surface area contributed by atoms with E-state index in [2.05, 4.69) is 20.6 Å². The molecule has 1 fully saturated rings. The van der Waals surface area contributed by atoms with Crippen LogP contribution in [-0.4, -0.2) is 22.1 Å². The maximum Gasteiger partial charge on any atom is 0.315 e. The van der Waals surface area contributed by atoms with E-state index >= 15 is 0 Å². The van der Waals surface area contributed by atoms with E-state index in [1.165, 1.54) is 12.8 Å². The Morgan fingerprint density at radius 3 is 2.83 bits per heavy atom. The number of urea groups is 1. The lowest BCUT2D eigenvalue weighted by atomic mass is 10.2. The molecule has 0 radical (unpaired) electrons. The summed E-state index contributed by atoms with van der Waals surface area (Å²) in [6.07, 6.45) is 6.66. The molecule has 1 saturated carbocycles. The Labute approximate surface area is 145 Å². The normalized spacial score (nSPS) is 14.5. The zero-order valence-corrected chi connectivity index (χ0v) is 14.6. The molecule has 6 nitrogen and oxygen atoms in total. The molecule has 1 aliphatic carbocycles. The number of ether oxygens (including phenoxy) is 1. The Kier molecular flexibility index (Phi) is 5.63. The third kappa shape index (κ3) is 4.67. The topological polar surface area (TPSA) is 76.1 Å². The van der Waals surface area contributed by atoms with Crippen molar-refractivity contribution in [1.29, 1.82) is 0 Å². The Morgan fingerprint density at radius 2 is 2.08 bits per heavy atom. The summed E-state index contributed by atoms with van der Waals surface area (Å²) in [6.45, 7) is 2.88. The number of amides is 2. The summed E-state index contributed by atoms with van der Waals surface area (Å²) in [7, 11) is 0. The quantitative estimate of drug-likeness (QED) is 0.842. The molecule has 2 aromatic heterocycles. The van der Waals surface area contributed by atoms with Gasteiger partial charge in [0.2, 0.25) is 5.88 Å². The average molecular weight is 346 g/mol. The third-order valence-electron chi connectivity index (χ3n) is 4.10. The highest BCUT2D eigenvalue weighted by Gasteiger charge is 2.17. The Balaban J connectivity index is 1.45. The lowest BCUT2D eigenvalue weighted by Gasteiger charge is -2.13. The summed E-state index contributed by atoms with van der Waals surface area (Å²) in [4.78, 5) is 21.4. The van der Waals surface area contributed by atoms with Crippen molar-refractivity contribution in [3.05, 3.63) is 40.0 Å². The molecular weight excluding hydrogens is 324 g/mol. The van der Waals surface area contributed by atoms with Gasteiger partial charge in [0.15, 0.2) is 0 Å². The number of nitrogens with one attached hydrogen (secondary N) is 2. The van der Waals surface area contributed by atoms with E-state index in [9.17, 15) is 4.79 Å². The largest absolute Gasteiger partial charge is 0.474 e. The summed E-state index contributed by atoms with van der Waals surface area (Å²) >= 11 is 1.54. The maximum absolute atomic E-state index is 11.9. The van der Waals surface area contributed by atoms with Crippen molar-refractivity contribution >= 4 is 17.4 Å². The predicted octanol–water partition coefficient (Wildman–Crippen LogP) is 3.17. The first-order chi connectivity index (χ1) is 11.7. The lowest BCUT2D eigenvalue weighted by molar-refractivity contribution is 0.201. The van der Waals surface area contributed by atoms with Crippen LogP contribution >= 0.6 is 11.3 Å². The van der Waals surface area contributed by atoms with Gasteiger partial charge in [0.1, 0.15) is 6.10 Å². The molecule has 0 spiro atoms. The highest BCUT2D eigenvalue weighted by Crippen LogP contribution is 2.23. The molecule has 0 bridgehead atoms. The lowest BCUT2D eigenvalue weighted by Crippen LogP contribution is -2.34. The number of carbonyl (C=O) groups excluding carboxylic acids is 1. The minimum Gasteiger partial charge on any atom is -0.474 e. The van der Waals surface area contributed by atoms with Crippen molar-refractivity contribution in [2.75, 3.05) is 0 Å². The van der Waals surface area contributed by atoms with Gasteiger partial charge >= 0.3 is 6.03 Å². The van der Waals surface area contributed by atoms with Crippen LogP contribution in [-0.2, 0) is 13.1 Å². The van der Waals surface area contributed by atoms with Crippen molar-refractivity contribution in [3.63, 3.8) is 0 Å². The van der Waals surface area contributed by atoms with Crippen LogP contribution in [0.4, 0.5) is 4.79 Å². The molecule has 2 aromatic rings. The van der Waals surface area contributed by atoms with Crippen molar-refractivity contribution in [2.45, 2.75) is 51.8 Å². The van der Waals surface area contributed by atoms with Gasteiger partial charge in [-0.1, -0.05) is 0 Å². The van der Waals surface area contributed by atoms with Crippen LogP contribution in [0.25, 0.3) is 0 Å². The van der Waals surface area contributed by atoms with Crippen molar-refractivity contribution in [2.24, 2.45) is 0 Å². The summed E-state index contributed by atoms with van der Waals surface area (Å²) in [5.41, 5.74) is 3.72. The van der Waals surface area contributed by atoms with E-state index in [0.29, 0.717) is 19.0 Å². The second-order valence-electron chi connectivity index (χ2n) is 5.92. The molecule has 0 saturated heterocycles. The molecule has 7 heteroatoms. The number of pyridine rings is 1. The van der Waals surface area contributed by atoms with E-state index in [-0.39, 0.29) is 12.1 Å². The van der Waals surface area contributed by atoms with E-state index in [0.717, 1.165) is 29.0 Å². The van der Waals surface area contributed by atoms with Crippen LogP contribution < -0.4 is 15.4 Å². The number of rotatable bonds is 6. The number of aromatic nitrogens is 2. The zero-order chi connectivity index (χ0) is 16.8. The molecule has 3 rings (SSSR count). The van der Waals surface area contributed by atoms with E-state index in [1.54, 1.807) is 23.0 Å². The molecule has 0 aliphatic heterocycles. The first kappa shape index (κ1) is 16.7. The number of aryl methyl sites for hydroxylation is 1. The third-order valence-corrected chi connectivity index (χ3v) is 5.03. The molecule has 1 aliphatic rings. The number of hydrogen-bond donors (Lipinski definition) is 2. The smallest absolute Gasteiger partial charge is 0.315 e. The van der Waals surface area contributed by atoms with Crippen LogP contribution in [0.3, 0.4) is 0 Å². The summed E-state index contributed by atoms with van der Waals surface area (Å²) in [5.74, 6) is 0.641. The van der Waals surface area contributed by atoms with E-state index < -0.39 is 0 Å². The summed E-state index contributed by atoms with van der Waals surface area (Å²) in [5, 5.41) is 5.70. The van der Waals surface area contributed by atoms with Gasteiger partial charge in [-0.05, 0) is 44.2 Å². The number of thiazole rings is 1. The SMILES string of the molecule is Cc1ncsc1CNC(=O)NCc1ccnc(OC2CCCC2)c1. The van der Waals surface area contributed by atoms with Gasteiger partial charge in [-0.15, -0.1) is 11.3 Å². The second kappa shape index (κ2) is 8.10. The Bertz CT molecular complexity index is 683. The zero-order valence-electron chi connectivity index (χ0n) is 13.7. The standard InChI is InChI=1S/C17H22N4O2S/c1-12-15(24-11-21-12)10-20-17(22)19-9-13-6-7-18-16(8-13)23-14-4-2-3-5-14/h6-8,11,14H,2-5,9-10H2,1H3,(H2,19,20,22). The molecule has 128 valence electrons. The minimum atomic E-state index is -0.196. The van der Waals surface area contributed by atoms with Crippen molar-refractivity contribution < 1.29 is 9.53 Å². The van der Waals surface area contributed by atoms with Gasteiger partial charge in [-0.3, -0.25) is 0 Å². The van der Waals surface area contributed by atoms with Gasteiger partial charge in [0.25, 0.3) is 0 Å². The summed E-state index contributed by atoms with van der Waals surface area (Å²) < 4.78 is 5.89. The average Bonchev–Trinajstić information content (AvgIpc) is 3.23. The first-order valence-electron chi connectivity index (χ1n) is 8.23. The van der Waals surface area contributed by atoms with Crippen molar-refractivity contribution in [1.82, 2.24) is 20.6 Å². The molecule has 2 amide bonds. The van der Waals surface area contributed by atoms with Gasteiger partial charge in [-0.2, -0.15) is 0 Å². The van der Waals surface area contributed by atoms with Gasteiger partial charge in [-0.25, -0.2) is 14.8 Å². The second-order valence-corrected chi connectivity index (χ2v) is 6.86. The predicted molar refractivity (Wildman–Crippen MR) is 93.0 cm³/mol. The number of hydrogen-bond acceptors (Lipinski definition) is 5. The van der Waals surface area contributed by atoms with Crippen LogP contribution in [0.15, 0.2) is 23.8 Å². The highest BCUT2D eigenvalue weighted by molar-refractivity contribution is 7.09. The number of carbonyl (C=O) groups is 1. The van der Waals surface area contributed by atoms with Crippen LogP contribution in [0, 0.1) is 6.92 Å². The van der Waals surface area contributed by atoms with Gasteiger partial charge in [0.05, 0.1) is 17.7 Å². The Hall–Kier alpha value is -2.15. The van der Waals surface area contributed by atoms with Crippen LogP contribution in [0.1, 0.15) is 41.8 Å². The van der Waals surface area contributed by atoms with E-state index in [1.807, 2.05) is 19.1 Å². The molecule has 24 heavy (non-hydrogen) atoms. The van der Waals surface area contributed by atoms with Crippen molar-refractivity contribution in [3.8, 4) is 5.88 Å². The highest BCUT2D eigenvalue weighted by atomic mass is 32.1. The molecule has 2 N–H and O–H groups in total. The molecule has 0 aromatic carbocycles. The minimum absolute atomic E-state index is 0.196. The molecule has 2 heterocycles. The molecule has 0 unspecified atom stereocenters. The fourth-order valence-electron chi connectivity index (χ4n) is 2.70. The monoisotopic (exact) mass is 346 g/mol. The van der Waals surface area contributed by atoms with Crippen LogP contribution in [0.5, 0.6) is 5.88 Å². The fourth-order valence-corrected chi connectivity index (χ4v) is 3.42.